The Hall–Kier alpha value is -2.09. The molecule has 0 aliphatic rings. The van der Waals surface area contributed by atoms with E-state index in [1.165, 1.54) is 16.7 Å². The number of nitrogens with one attached hydrogen (secondary N) is 2. The van der Waals surface area contributed by atoms with Crippen LogP contribution in [0.3, 0.4) is 0 Å². The van der Waals surface area contributed by atoms with Gasteiger partial charge in [-0.05, 0) is 30.0 Å². The lowest BCUT2D eigenvalue weighted by molar-refractivity contribution is -0.120. The molecule has 0 atom stereocenters. The van der Waals surface area contributed by atoms with Crippen molar-refractivity contribution in [2.24, 2.45) is 4.99 Å². The van der Waals surface area contributed by atoms with Gasteiger partial charge in [-0.1, -0.05) is 54.6 Å². The monoisotopic (exact) mass is 480 g/mol. The van der Waals surface area contributed by atoms with E-state index in [1.54, 1.807) is 7.05 Å². The maximum Gasteiger partial charge on any atom is 0.239 e. The number of nitrogens with zero attached hydrogens (tertiary/aromatic N) is 2. The van der Waals surface area contributed by atoms with Crippen molar-refractivity contribution in [2.45, 2.75) is 19.9 Å². The Kier molecular flexibility index (Phi) is 10.5. The molecule has 0 saturated heterocycles. The van der Waals surface area contributed by atoms with Gasteiger partial charge in [-0.25, -0.2) is 0 Å². The molecule has 0 saturated carbocycles. The molecular formula is C21H29IN4O. The number of aliphatic imine (C=N–C) groups is 1. The van der Waals surface area contributed by atoms with Crippen LogP contribution < -0.4 is 10.6 Å². The molecule has 0 bridgehead atoms. The number of rotatable bonds is 7. The van der Waals surface area contributed by atoms with Crippen LogP contribution in [0.5, 0.6) is 0 Å². The lowest BCUT2D eigenvalue weighted by atomic mass is 10.1. The predicted molar refractivity (Wildman–Crippen MR) is 123 cm³/mol. The average molecular weight is 480 g/mol. The van der Waals surface area contributed by atoms with Crippen molar-refractivity contribution >= 4 is 35.8 Å². The van der Waals surface area contributed by atoms with Crippen molar-refractivity contribution in [1.82, 2.24) is 15.5 Å². The molecule has 0 aliphatic heterocycles. The van der Waals surface area contributed by atoms with Gasteiger partial charge in [-0.2, -0.15) is 0 Å². The number of amides is 1. The van der Waals surface area contributed by atoms with E-state index in [4.69, 9.17) is 0 Å². The highest BCUT2D eigenvalue weighted by Crippen LogP contribution is 2.09. The molecule has 2 rings (SSSR count). The fourth-order valence-corrected chi connectivity index (χ4v) is 2.72. The van der Waals surface area contributed by atoms with Crippen LogP contribution in [0.25, 0.3) is 0 Å². The molecule has 0 heterocycles. The van der Waals surface area contributed by atoms with Crippen molar-refractivity contribution < 1.29 is 4.79 Å². The Morgan fingerprint density at radius 2 is 1.70 bits per heavy atom. The molecule has 2 N–H and O–H groups in total. The summed E-state index contributed by atoms with van der Waals surface area (Å²) in [5, 5.41) is 6.05. The normalized spacial score (nSPS) is 10.7. The summed E-state index contributed by atoms with van der Waals surface area (Å²) in [5.74, 6) is 0.665. The van der Waals surface area contributed by atoms with Gasteiger partial charge in [0.05, 0.1) is 6.54 Å². The van der Waals surface area contributed by atoms with Crippen LogP contribution in [0.2, 0.25) is 0 Å². The molecule has 0 fully saturated rings. The van der Waals surface area contributed by atoms with Gasteiger partial charge in [0.15, 0.2) is 5.96 Å². The number of carbonyl (C=O) groups excluding carboxylic acids is 1. The highest BCUT2D eigenvalue weighted by atomic mass is 127. The van der Waals surface area contributed by atoms with Crippen LogP contribution in [0.4, 0.5) is 0 Å². The Labute approximate surface area is 179 Å². The van der Waals surface area contributed by atoms with Crippen LogP contribution in [-0.2, 0) is 17.8 Å². The van der Waals surface area contributed by atoms with Crippen molar-refractivity contribution in [3.8, 4) is 0 Å². The number of guanidine groups is 1. The molecule has 2 aromatic rings. The number of carbonyl (C=O) groups is 1. The van der Waals surface area contributed by atoms with E-state index in [9.17, 15) is 4.79 Å². The molecule has 5 nitrogen and oxygen atoms in total. The molecule has 0 aromatic heterocycles. The molecule has 6 heteroatoms. The van der Waals surface area contributed by atoms with Gasteiger partial charge in [-0.15, -0.1) is 24.0 Å². The zero-order valence-electron chi connectivity index (χ0n) is 16.2. The largest absolute Gasteiger partial charge is 0.354 e. The van der Waals surface area contributed by atoms with E-state index in [-0.39, 0.29) is 36.4 Å². The van der Waals surface area contributed by atoms with Crippen molar-refractivity contribution in [2.75, 3.05) is 27.2 Å². The SMILES string of the molecule is CN=C(NCC(=O)NCCc1ccccc1)N(C)Cc1ccccc1C.I. The molecule has 2 aromatic carbocycles. The van der Waals surface area contributed by atoms with E-state index < -0.39 is 0 Å². The van der Waals surface area contributed by atoms with Gasteiger partial charge in [0.2, 0.25) is 5.91 Å². The second-order valence-electron chi connectivity index (χ2n) is 6.27. The summed E-state index contributed by atoms with van der Waals surface area (Å²) in [6.45, 7) is 3.67. The predicted octanol–water partition coefficient (Wildman–Crippen LogP) is 2.98. The fourth-order valence-electron chi connectivity index (χ4n) is 2.72. The van der Waals surface area contributed by atoms with Crippen LogP contribution in [0.1, 0.15) is 16.7 Å². The van der Waals surface area contributed by atoms with Gasteiger partial charge in [0.1, 0.15) is 0 Å². The average Bonchev–Trinajstić information content (AvgIpc) is 2.65. The second-order valence-corrected chi connectivity index (χ2v) is 6.27. The summed E-state index contributed by atoms with van der Waals surface area (Å²) in [4.78, 5) is 18.3. The van der Waals surface area contributed by atoms with Gasteiger partial charge >= 0.3 is 0 Å². The topological polar surface area (TPSA) is 56.7 Å². The minimum absolute atomic E-state index is 0. The lowest BCUT2D eigenvalue weighted by Crippen LogP contribution is -2.44. The summed E-state index contributed by atoms with van der Waals surface area (Å²) in [7, 11) is 3.69. The van der Waals surface area contributed by atoms with E-state index in [1.807, 2.05) is 42.3 Å². The fraction of sp³-hybridized carbons (Fsp3) is 0.333. The first-order chi connectivity index (χ1) is 12.6. The van der Waals surface area contributed by atoms with Crippen LogP contribution in [0.15, 0.2) is 59.6 Å². The third kappa shape index (κ3) is 7.99. The van der Waals surface area contributed by atoms with Crippen molar-refractivity contribution in [1.29, 1.82) is 0 Å². The zero-order chi connectivity index (χ0) is 18.8. The Morgan fingerprint density at radius 3 is 2.37 bits per heavy atom. The molecule has 146 valence electrons. The van der Waals surface area contributed by atoms with Crippen LogP contribution in [0, 0.1) is 6.92 Å². The summed E-state index contributed by atoms with van der Waals surface area (Å²) in [6, 6.07) is 18.4. The van der Waals surface area contributed by atoms with E-state index in [0.29, 0.717) is 12.5 Å². The second kappa shape index (κ2) is 12.3. The van der Waals surface area contributed by atoms with E-state index >= 15 is 0 Å². The number of hydrogen-bond donors (Lipinski definition) is 2. The molecular weight excluding hydrogens is 451 g/mol. The van der Waals surface area contributed by atoms with Gasteiger partial charge in [-0.3, -0.25) is 9.79 Å². The standard InChI is InChI=1S/C21H28N4O.HI/c1-17-9-7-8-12-19(17)16-25(3)21(22-2)24-15-20(26)23-14-13-18-10-5-4-6-11-18;/h4-12H,13-16H2,1-3H3,(H,22,24)(H,23,26);1H. The summed E-state index contributed by atoms with van der Waals surface area (Å²) in [5.41, 5.74) is 3.70. The van der Waals surface area contributed by atoms with E-state index in [0.717, 1.165) is 13.0 Å². The van der Waals surface area contributed by atoms with Gasteiger partial charge in [0, 0.05) is 27.2 Å². The first-order valence-corrected chi connectivity index (χ1v) is 8.87. The summed E-state index contributed by atoms with van der Waals surface area (Å²) < 4.78 is 0. The van der Waals surface area contributed by atoms with Gasteiger partial charge < -0.3 is 15.5 Å². The first-order valence-electron chi connectivity index (χ1n) is 8.87. The van der Waals surface area contributed by atoms with Crippen LogP contribution in [-0.4, -0.2) is 44.0 Å². The minimum atomic E-state index is -0.0358. The third-order valence-electron chi connectivity index (χ3n) is 4.23. The molecule has 1 amide bonds. The number of halogens is 1. The molecule has 27 heavy (non-hydrogen) atoms. The zero-order valence-corrected chi connectivity index (χ0v) is 18.6. The Balaban J connectivity index is 0.00000364. The van der Waals surface area contributed by atoms with Crippen LogP contribution >= 0.6 is 24.0 Å². The maximum absolute atomic E-state index is 12.0. The highest BCUT2D eigenvalue weighted by Gasteiger charge is 2.09. The molecule has 0 radical (unpaired) electrons. The number of hydrogen-bond acceptors (Lipinski definition) is 2. The molecule has 0 unspecified atom stereocenters. The number of aryl methyl sites for hydroxylation is 1. The summed E-state index contributed by atoms with van der Waals surface area (Å²) in [6.07, 6.45) is 0.828. The van der Waals surface area contributed by atoms with E-state index in [2.05, 4.69) is 46.8 Å². The maximum atomic E-state index is 12.0. The quantitative estimate of drug-likeness (QED) is 0.364. The van der Waals surface area contributed by atoms with Gasteiger partial charge in [0.25, 0.3) is 0 Å². The molecule has 0 spiro atoms. The number of benzene rings is 2. The first kappa shape index (κ1) is 23.0. The van der Waals surface area contributed by atoms with Crippen molar-refractivity contribution in [3.63, 3.8) is 0 Å². The summed E-state index contributed by atoms with van der Waals surface area (Å²) >= 11 is 0. The smallest absolute Gasteiger partial charge is 0.239 e. The minimum Gasteiger partial charge on any atom is -0.354 e. The Bertz CT molecular complexity index is 734. The highest BCUT2D eigenvalue weighted by molar-refractivity contribution is 14.0. The van der Waals surface area contributed by atoms with Crippen molar-refractivity contribution in [3.05, 3.63) is 71.3 Å². The lowest BCUT2D eigenvalue weighted by Gasteiger charge is -2.22. The Morgan fingerprint density at radius 1 is 1.04 bits per heavy atom. The third-order valence-corrected chi connectivity index (χ3v) is 4.23. The molecule has 0 aliphatic carbocycles.